The number of amides is 1. The van der Waals surface area contributed by atoms with Crippen molar-refractivity contribution in [3.8, 4) is 0 Å². The van der Waals surface area contributed by atoms with Crippen molar-refractivity contribution < 1.29 is 4.79 Å². The molecule has 1 aliphatic heterocycles. The molecule has 1 aromatic rings. The van der Waals surface area contributed by atoms with Crippen LogP contribution in [0.5, 0.6) is 0 Å². The number of hydrogen-bond donors (Lipinski definition) is 2. The van der Waals surface area contributed by atoms with Crippen LogP contribution in [-0.2, 0) is 4.79 Å². The molecule has 0 radical (unpaired) electrons. The zero-order valence-corrected chi connectivity index (χ0v) is 9.27. The molecule has 0 bridgehead atoms. The summed E-state index contributed by atoms with van der Waals surface area (Å²) in [5.41, 5.74) is 1.80. The fourth-order valence-electron chi connectivity index (χ4n) is 1.73. The van der Waals surface area contributed by atoms with Crippen LogP contribution in [0.4, 0.5) is 5.69 Å². The molecular formula is C11H13ClN2O. The van der Waals surface area contributed by atoms with Gasteiger partial charge in [-0.05, 0) is 25.1 Å². The highest BCUT2D eigenvalue weighted by Crippen LogP contribution is 2.32. The van der Waals surface area contributed by atoms with Gasteiger partial charge >= 0.3 is 0 Å². The van der Waals surface area contributed by atoms with Crippen molar-refractivity contribution in [2.75, 3.05) is 11.9 Å². The first kappa shape index (κ1) is 10.5. The molecule has 2 N–H and O–H groups in total. The Morgan fingerprint density at radius 1 is 1.53 bits per heavy atom. The zero-order chi connectivity index (χ0) is 10.8. The predicted molar refractivity (Wildman–Crippen MR) is 61.1 cm³/mol. The third-order valence-corrected chi connectivity index (χ3v) is 2.68. The first-order valence-electron chi connectivity index (χ1n) is 5.06. The lowest BCUT2D eigenvalue weighted by Crippen LogP contribution is -2.27. The van der Waals surface area contributed by atoms with Crippen molar-refractivity contribution in [3.05, 3.63) is 28.8 Å². The molecule has 0 saturated carbocycles. The van der Waals surface area contributed by atoms with E-state index in [1.165, 1.54) is 0 Å². The number of halogens is 1. The maximum Gasteiger partial charge on any atom is 0.246 e. The van der Waals surface area contributed by atoms with Gasteiger partial charge in [0, 0.05) is 16.3 Å². The largest absolute Gasteiger partial charge is 0.324 e. The van der Waals surface area contributed by atoms with E-state index in [0.29, 0.717) is 5.02 Å². The Bertz CT molecular complexity index is 392. The highest BCUT2D eigenvalue weighted by Gasteiger charge is 2.29. The van der Waals surface area contributed by atoms with Gasteiger partial charge in [-0.2, -0.15) is 0 Å². The van der Waals surface area contributed by atoms with E-state index in [4.69, 9.17) is 11.6 Å². The van der Waals surface area contributed by atoms with Crippen LogP contribution in [0.2, 0.25) is 5.02 Å². The molecule has 3 nitrogen and oxygen atoms in total. The first-order chi connectivity index (χ1) is 7.22. The molecule has 80 valence electrons. The summed E-state index contributed by atoms with van der Waals surface area (Å²) in [5.74, 6) is 0.000664. The Morgan fingerprint density at radius 2 is 2.33 bits per heavy atom. The molecule has 1 heterocycles. The summed E-state index contributed by atoms with van der Waals surface area (Å²) in [6.07, 6.45) is 1.01. The van der Waals surface area contributed by atoms with Crippen LogP contribution in [0.1, 0.15) is 24.9 Å². The fraction of sp³-hybridized carbons (Fsp3) is 0.364. The number of carbonyl (C=O) groups excluding carboxylic acids is 1. The third kappa shape index (κ3) is 1.98. The maximum atomic E-state index is 11.6. The van der Waals surface area contributed by atoms with Crippen LogP contribution < -0.4 is 10.6 Å². The maximum absolute atomic E-state index is 11.6. The van der Waals surface area contributed by atoms with Crippen LogP contribution in [0.3, 0.4) is 0 Å². The zero-order valence-electron chi connectivity index (χ0n) is 8.51. The number of fused-ring (bicyclic) bond motifs is 1. The molecule has 1 unspecified atom stereocenters. The minimum absolute atomic E-state index is 0.000664. The molecular weight excluding hydrogens is 212 g/mol. The predicted octanol–water partition coefficient (Wildman–Crippen LogP) is 2.33. The number of nitrogens with one attached hydrogen (secondary N) is 2. The number of hydrogen-bond acceptors (Lipinski definition) is 2. The monoisotopic (exact) mass is 224 g/mol. The minimum atomic E-state index is -0.225. The second-order valence-electron chi connectivity index (χ2n) is 3.61. The van der Waals surface area contributed by atoms with E-state index in [0.717, 1.165) is 24.2 Å². The van der Waals surface area contributed by atoms with Gasteiger partial charge in [0.05, 0.1) is 0 Å². The van der Waals surface area contributed by atoms with E-state index in [-0.39, 0.29) is 11.9 Å². The average Bonchev–Trinajstić information content (AvgIpc) is 2.50. The standard InChI is InChI=1S/C11H13ClN2O/c1-2-5-13-10-8-4-3-7(12)6-9(8)14-11(10)15/h3-4,6,10,13H,2,5H2,1H3,(H,14,15). The molecule has 0 fully saturated rings. The average molecular weight is 225 g/mol. The number of rotatable bonds is 3. The smallest absolute Gasteiger partial charge is 0.246 e. The van der Waals surface area contributed by atoms with E-state index in [2.05, 4.69) is 17.6 Å². The molecule has 0 saturated heterocycles. The first-order valence-corrected chi connectivity index (χ1v) is 5.44. The van der Waals surface area contributed by atoms with Crippen LogP contribution in [0.25, 0.3) is 0 Å². The normalized spacial score (nSPS) is 18.8. The molecule has 1 atom stereocenters. The molecule has 4 heteroatoms. The highest BCUT2D eigenvalue weighted by molar-refractivity contribution is 6.31. The van der Waals surface area contributed by atoms with Gasteiger partial charge in [0.1, 0.15) is 6.04 Å². The molecule has 0 aromatic heterocycles. The molecule has 1 aromatic carbocycles. The third-order valence-electron chi connectivity index (χ3n) is 2.44. The van der Waals surface area contributed by atoms with Gasteiger partial charge in [0.2, 0.25) is 5.91 Å². The molecule has 15 heavy (non-hydrogen) atoms. The summed E-state index contributed by atoms with van der Waals surface area (Å²) in [4.78, 5) is 11.6. The van der Waals surface area contributed by atoms with Crippen molar-refractivity contribution in [1.29, 1.82) is 0 Å². The Labute approximate surface area is 93.8 Å². The quantitative estimate of drug-likeness (QED) is 0.828. The Morgan fingerprint density at radius 3 is 3.07 bits per heavy atom. The minimum Gasteiger partial charge on any atom is -0.324 e. The second-order valence-corrected chi connectivity index (χ2v) is 4.04. The van der Waals surface area contributed by atoms with Crippen LogP contribution in [0, 0.1) is 0 Å². The van der Waals surface area contributed by atoms with Gasteiger partial charge in [0.25, 0.3) is 0 Å². The molecule has 0 aliphatic carbocycles. The highest BCUT2D eigenvalue weighted by atomic mass is 35.5. The molecule has 2 rings (SSSR count). The van der Waals surface area contributed by atoms with Crippen molar-refractivity contribution in [1.82, 2.24) is 5.32 Å². The van der Waals surface area contributed by atoms with Gasteiger partial charge in [-0.3, -0.25) is 4.79 Å². The summed E-state index contributed by atoms with van der Waals surface area (Å²) >= 11 is 5.85. The lowest BCUT2D eigenvalue weighted by Gasteiger charge is -2.09. The van der Waals surface area contributed by atoms with Crippen LogP contribution in [0.15, 0.2) is 18.2 Å². The Kier molecular flexibility index (Phi) is 2.93. The Balaban J connectivity index is 2.25. The summed E-state index contributed by atoms with van der Waals surface area (Å²) in [7, 11) is 0. The van der Waals surface area contributed by atoms with Crippen molar-refractivity contribution in [2.24, 2.45) is 0 Å². The van der Waals surface area contributed by atoms with Gasteiger partial charge < -0.3 is 10.6 Å². The summed E-state index contributed by atoms with van der Waals surface area (Å²) < 4.78 is 0. The summed E-state index contributed by atoms with van der Waals surface area (Å²) in [6, 6.07) is 5.25. The van der Waals surface area contributed by atoms with E-state index in [1.807, 2.05) is 6.07 Å². The number of carbonyl (C=O) groups is 1. The van der Waals surface area contributed by atoms with Gasteiger partial charge in [-0.1, -0.05) is 24.6 Å². The fourth-order valence-corrected chi connectivity index (χ4v) is 1.90. The lowest BCUT2D eigenvalue weighted by molar-refractivity contribution is -0.117. The lowest BCUT2D eigenvalue weighted by atomic mass is 10.1. The Hall–Kier alpha value is -1.06. The van der Waals surface area contributed by atoms with Crippen molar-refractivity contribution in [2.45, 2.75) is 19.4 Å². The molecule has 1 amide bonds. The SMILES string of the molecule is CCCNC1C(=O)Nc2cc(Cl)ccc21. The molecule has 1 aliphatic rings. The van der Waals surface area contributed by atoms with Crippen molar-refractivity contribution >= 4 is 23.2 Å². The van der Waals surface area contributed by atoms with E-state index < -0.39 is 0 Å². The summed E-state index contributed by atoms with van der Waals surface area (Å²) in [6.45, 7) is 2.91. The number of benzene rings is 1. The van der Waals surface area contributed by atoms with E-state index >= 15 is 0 Å². The number of anilines is 1. The second kappa shape index (κ2) is 4.21. The van der Waals surface area contributed by atoms with E-state index in [1.54, 1.807) is 12.1 Å². The van der Waals surface area contributed by atoms with Crippen LogP contribution in [-0.4, -0.2) is 12.5 Å². The topological polar surface area (TPSA) is 41.1 Å². The molecule has 0 spiro atoms. The van der Waals surface area contributed by atoms with Gasteiger partial charge in [-0.15, -0.1) is 0 Å². The van der Waals surface area contributed by atoms with Crippen molar-refractivity contribution in [3.63, 3.8) is 0 Å². The van der Waals surface area contributed by atoms with Crippen LogP contribution >= 0.6 is 11.6 Å². The summed E-state index contributed by atoms with van der Waals surface area (Å²) in [5, 5.41) is 6.66. The van der Waals surface area contributed by atoms with E-state index in [9.17, 15) is 4.79 Å². The van der Waals surface area contributed by atoms with Gasteiger partial charge in [0.15, 0.2) is 0 Å². The van der Waals surface area contributed by atoms with Gasteiger partial charge in [-0.25, -0.2) is 0 Å².